The van der Waals surface area contributed by atoms with E-state index in [9.17, 15) is 9.59 Å². The second-order valence-corrected chi connectivity index (χ2v) is 5.46. The number of aryl methyl sites for hydroxylation is 2. The van der Waals surface area contributed by atoms with E-state index in [0.29, 0.717) is 12.2 Å². The lowest BCUT2D eigenvalue weighted by Crippen LogP contribution is -2.43. The van der Waals surface area contributed by atoms with Crippen LogP contribution < -0.4 is 15.6 Å². The van der Waals surface area contributed by atoms with E-state index in [1.54, 1.807) is 0 Å². The Morgan fingerprint density at radius 1 is 1.05 bits per heavy atom. The Kier molecular flexibility index (Phi) is 8.04. The third-order valence-corrected chi connectivity index (χ3v) is 3.29. The molecule has 0 bridgehead atoms. The van der Waals surface area contributed by atoms with Gasteiger partial charge in [0.2, 0.25) is 5.91 Å². The summed E-state index contributed by atoms with van der Waals surface area (Å²) >= 11 is 0. The van der Waals surface area contributed by atoms with Crippen LogP contribution in [-0.4, -0.2) is 18.4 Å². The first-order valence-electron chi connectivity index (χ1n) is 7.80. The van der Waals surface area contributed by atoms with Gasteiger partial charge >= 0.3 is 0 Å². The van der Waals surface area contributed by atoms with Crippen molar-refractivity contribution in [2.75, 3.05) is 6.61 Å². The van der Waals surface area contributed by atoms with Crippen LogP contribution >= 0.6 is 0 Å². The highest BCUT2D eigenvalue weighted by Gasteiger charge is 2.06. The van der Waals surface area contributed by atoms with Crippen LogP contribution in [0.25, 0.3) is 0 Å². The van der Waals surface area contributed by atoms with Gasteiger partial charge in [-0.15, -0.1) is 0 Å². The van der Waals surface area contributed by atoms with Gasteiger partial charge in [0.25, 0.3) is 5.91 Å². The van der Waals surface area contributed by atoms with E-state index in [0.717, 1.165) is 36.8 Å². The molecule has 0 saturated heterocycles. The first-order valence-corrected chi connectivity index (χ1v) is 7.80. The molecule has 0 aliphatic heterocycles. The van der Waals surface area contributed by atoms with Crippen LogP contribution in [0.15, 0.2) is 18.2 Å². The summed E-state index contributed by atoms with van der Waals surface area (Å²) in [5.74, 6) is 0.129. The number of unbranched alkanes of at least 4 members (excludes halogenated alkanes) is 3. The summed E-state index contributed by atoms with van der Waals surface area (Å²) in [5, 5.41) is 0. The molecule has 0 saturated carbocycles. The van der Waals surface area contributed by atoms with E-state index in [4.69, 9.17) is 4.74 Å². The van der Waals surface area contributed by atoms with Crippen molar-refractivity contribution < 1.29 is 14.3 Å². The predicted octanol–water partition coefficient (Wildman–Crippen LogP) is 2.80. The van der Waals surface area contributed by atoms with Crippen molar-refractivity contribution in [2.24, 2.45) is 0 Å². The van der Waals surface area contributed by atoms with E-state index in [-0.39, 0.29) is 18.4 Å². The zero-order chi connectivity index (χ0) is 16.4. The van der Waals surface area contributed by atoms with Gasteiger partial charge in [0.15, 0.2) is 6.61 Å². The fourth-order valence-electron chi connectivity index (χ4n) is 2.05. The van der Waals surface area contributed by atoms with Crippen molar-refractivity contribution in [3.8, 4) is 5.75 Å². The molecule has 122 valence electrons. The Bertz CT molecular complexity index is 501. The first kappa shape index (κ1) is 18.0. The Balaban J connectivity index is 2.22. The van der Waals surface area contributed by atoms with Crippen molar-refractivity contribution >= 4 is 11.8 Å². The highest BCUT2D eigenvalue weighted by atomic mass is 16.5. The van der Waals surface area contributed by atoms with E-state index in [1.807, 2.05) is 32.0 Å². The average Bonchev–Trinajstić information content (AvgIpc) is 2.48. The highest BCUT2D eigenvalue weighted by molar-refractivity contribution is 5.82. The third kappa shape index (κ3) is 7.11. The Morgan fingerprint density at radius 3 is 2.45 bits per heavy atom. The Morgan fingerprint density at radius 2 is 1.77 bits per heavy atom. The molecule has 1 aromatic carbocycles. The smallest absolute Gasteiger partial charge is 0.276 e. The molecule has 0 aromatic heterocycles. The molecule has 2 amide bonds. The minimum Gasteiger partial charge on any atom is -0.483 e. The quantitative estimate of drug-likeness (QED) is 0.573. The summed E-state index contributed by atoms with van der Waals surface area (Å²) in [7, 11) is 0. The first-order chi connectivity index (χ1) is 10.5. The van der Waals surface area contributed by atoms with Crippen LogP contribution in [0.1, 0.15) is 50.2 Å². The molecule has 0 radical (unpaired) electrons. The molecule has 0 aliphatic rings. The van der Waals surface area contributed by atoms with Crippen molar-refractivity contribution in [1.29, 1.82) is 0 Å². The van der Waals surface area contributed by atoms with Gasteiger partial charge in [-0.2, -0.15) is 0 Å². The van der Waals surface area contributed by atoms with Crippen molar-refractivity contribution in [3.63, 3.8) is 0 Å². The molecule has 0 spiro atoms. The topological polar surface area (TPSA) is 67.4 Å². The average molecular weight is 306 g/mol. The number of rotatable bonds is 8. The summed E-state index contributed by atoms with van der Waals surface area (Å²) in [4.78, 5) is 23.1. The van der Waals surface area contributed by atoms with Crippen LogP contribution in [0.3, 0.4) is 0 Å². The molecule has 1 aromatic rings. The molecule has 1 rings (SSSR count). The molecular formula is C17H26N2O3. The van der Waals surface area contributed by atoms with Gasteiger partial charge in [-0.05, 0) is 31.9 Å². The number of hydrogen-bond donors (Lipinski definition) is 2. The van der Waals surface area contributed by atoms with E-state index in [1.165, 1.54) is 0 Å². The third-order valence-electron chi connectivity index (χ3n) is 3.29. The summed E-state index contributed by atoms with van der Waals surface area (Å²) in [5.41, 5.74) is 6.88. The van der Waals surface area contributed by atoms with Crippen LogP contribution in [0.4, 0.5) is 0 Å². The number of nitrogens with one attached hydrogen (secondary N) is 2. The van der Waals surface area contributed by atoms with E-state index < -0.39 is 0 Å². The minimum atomic E-state index is -0.373. The van der Waals surface area contributed by atoms with Crippen LogP contribution in [0, 0.1) is 13.8 Å². The molecule has 0 atom stereocenters. The molecule has 22 heavy (non-hydrogen) atoms. The fourth-order valence-corrected chi connectivity index (χ4v) is 2.05. The zero-order valence-corrected chi connectivity index (χ0v) is 13.7. The maximum atomic E-state index is 11.6. The predicted molar refractivity (Wildman–Crippen MR) is 86.5 cm³/mol. The van der Waals surface area contributed by atoms with Crippen LogP contribution in [0.5, 0.6) is 5.75 Å². The molecular weight excluding hydrogens is 280 g/mol. The summed E-state index contributed by atoms with van der Waals surface area (Å²) in [6.07, 6.45) is 4.57. The fraction of sp³-hybridized carbons (Fsp3) is 0.529. The van der Waals surface area contributed by atoms with Gasteiger partial charge in [0, 0.05) is 6.42 Å². The van der Waals surface area contributed by atoms with E-state index in [2.05, 4.69) is 17.8 Å². The van der Waals surface area contributed by atoms with Gasteiger partial charge < -0.3 is 4.74 Å². The number of carbonyl (C=O) groups excluding carboxylic acids is 2. The van der Waals surface area contributed by atoms with Crippen molar-refractivity contribution in [3.05, 3.63) is 29.3 Å². The van der Waals surface area contributed by atoms with Gasteiger partial charge in [0.05, 0.1) is 0 Å². The zero-order valence-electron chi connectivity index (χ0n) is 13.7. The lowest BCUT2D eigenvalue weighted by molar-refractivity contribution is -0.130. The van der Waals surface area contributed by atoms with Crippen molar-refractivity contribution in [1.82, 2.24) is 10.9 Å². The monoisotopic (exact) mass is 306 g/mol. The molecule has 0 fully saturated rings. The molecule has 5 nitrogen and oxygen atoms in total. The number of hydrazine groups is 1. The minimum absolute atomic E-state index is 0.125. The molecule has 0 unspecified atom stereocenters. The Labute approximate surface area is 132 Å². The lowest BCUT2D eigenvalue weighted by atomic mass is 10.1. The maximum absolute atomic E-state index is 11.6. The van der Waals surface area contributed by atoms with Gasteiger partial charge in [-0.25, -0.2) is 0 Å². The van der Waals surface area contributed by atoms with Crippen LogP contribution in [-0.2, 0) is 9.59 Å². The van der Waals surface area contributed by atoms with Crippen molar-refractivity contribution in [2.45, 2.75) is 52.9 Å². The lowest BCUT2D eigenvalue weighted by Gasteiger charge is -2.10. The largest absolute Gasteiger partial charge is 0.483 e. The van der Waals surface area contributed by atoms with Gasteiger partial charge in [0.1, 0.15) is 5.75 Å². The van der Waals surface area contributed by atoms with Crippen LogP contribution in [0.2, 0.25) is 0 Å². The SMILES string of the molecule is CCCCCCC(=O)NNC(=O)COc1ccc(C)cc1C. The summed E-state index contributed by atoms with van der Waals surface area (Å²) in [6, 6.07) is 5.76. The molecule has 0 heterocycles. The number of ether oxygens (including phenoxy) is 1. The number of hydrogen-bond acceptors (Lipinski definition) is 3. The molecule has 2 N–H and O–H groups in total. The second kappa shape index (κ2) is 9.82. The summed E-state index contributed by atoms with van der Waals surface area (Å²) < 4.78 is 5.44. The van der Waals surface area contributed by atoms with Gasteiger partial charge in [-0.3, -0.25) is 20.4 Å². The number of benzene rings is 1. The molecule has 0 aliphatic carbocycles. The Hall–Kier alpha value is -2.04. The normalized spacial score (nSPS) is 10.1. The highest BCUT2D eigenvalue weighted by Crippen LogP contribution is 2.18. The standard InChI is InChI=1S/C17H26N2O3/c1-4-5-6-7-8-16(20)18-19-17(21)12-22-15-10-9-13(2)11-14(15)3/h9-11H,4-8,12H2,1-3H3,(H,18,20)(H,19,21). The van der Waals surface area contributed by atoms with Gasteiger partial charge in [-0.1, -0.05) is 43.9 Å². The second-order valence-electron chi connectivity index (χ2n) is 5.46. The number of carbonyl (C=O) groups is 2. The number of amides is 2. The molecule has 5 heteroatoms. The van der Waals surface area contributed by atoms with E-state index >= 15 is 0 Å². The maximum Gasteiger partial charge on any atom is 0.276 e. The summed E-state index contributed by atoms with van der Waals surface area (Å²) in [6.45, 7) is 5.92.